The topological polar surface area (TPSA) is 57.5 Å². The van der Waals surface area contributed by atoms with Gasteiger partial charge >= 0.3 is 0 Å². The Bertz CT molecular complexity index is 367. The van der Waals surface area contributed by atoms with Crippen molar-refractivity contribution in [3.8, 4) is 5.75 Å². The van der Waals surface area contributed by atoms with Crippen molar-refractivity contribution in [1.29, 1.82) is 0 Å². The molecule has 3 heteroatoms. The molecule has 0 amide bonds. The van der Waals surface area contributed by atoms with Crippen LogP contribution in [-0.4, -0.2) is 16.0 Å². The maximum Gasteiger partial charge on any atom is 0.152 e. The van der Waals surface area contributed by atoms with E-state index in [2.05, 4.69) is 0 Å². The van der Waals surface area contributed by atoms with Gasteiger partial charge in [0.2, 0.25) is 0 Å². The van der Waals surface area contributed by atoms with Gasteiger partial charge in [0.25, 0.3) is 0 Å². The highest BCUT2D eigenvalue weighted by atomic mass is 16.3. The molecule has 0 heterocycles. The lowest BCUT2D eigenvalue weighted by Crippen LogP contribution is -1.88. The number of hydrogen-bond acceptors (Lipinski definition) is 3. The summed E-state index contributed by atoms with van der Waals surface area (Å²) in [6.07, 6.45) is 3.04. The fraction of sp³-hybridized carbons (Fsp3) is 0.182. The first-order valence-corrected chi connectivity index (χ1v) is 4.25. The lowest BCUT2D eigenvalue weighted by atomic mass is 10.1. The average molecular weight is 192 g/mol. The number of aliphatic hydroxyl groups excluding tert-OH is 1. The zero-order valence-corrected chi connectivity index (χ0v) is 7.90. The second-order valence-electron chi connectivity index (χ2n) is 2.99. The number of aromatic hydroxyl groups is 1. The first-order valence-electron chi connectivity index (χ1n) is 4.25. The lowest BCUT2D eigenvalue weighted by molar-refractivity contribution is -0.112. The fourth-order valence-corrected chi connectivity index (χ4v) is 1.10. The Balaban J connectivity index is 3.02. The molecule has 0 spiro atoms. The summed E-state index contributed by atoms with van der Waals surface area (Å²) in [5, 5.41) is 18.1. The number of carbonyl (C=O) groups is 1. The minimum atomic E-state index is -0.161. The molecule has 0 aliphatic heterocycles. The monoisotopic (exact) mass is 192 g/mol. The molecule has 0 saturated carbocycles. The molecule has 0 saturated heterocycles. The summed E-state index contributed by atoms with van der Waals surface area (Å²) in [4.78, 5) is 10.7. The van der Waals surface area contributed by atoms with Crippen LogP contribution >= 0.6 is 0 Å². The average Bonchev–Trinajstić information content (AvgIpc) is 2.15. The van der Waals surface area contributed by atoms with Crippen LogP contribution < -0.4 is 0 Å². The zero-order valence-electron chi connectivity index (χ0n) is 7.90. The van der Waals surface area contributed by atoms with Gasteiger partial charge in [-0.15, -0.1) is 0 Å². The molecule has 0 fully saturated rings. The Morgan fingerprint density at radius 2 is 2.21 bits per heavy atom. The molecule has 0 aromatic heterocycles. The number of phenolic OH excluding ortho intramolecular Hbond substituents is 1. The number of hydrogen-bond donors (Lipinski definition) is 2. The highest BCUT2D eigenvalue weighted by molar-refractivity contribution is 5.91. The third-order valence-corrected chi connectivity index (χ3v) is 1.79. The van der Waals surface area contributed by atoms with Crippen LogP contribution in [0.2, 0.25) is 0 Å². The minimum Gasteiger partial charge on any atom is -0.508 e. The van der Waals surface area contributed by atoms with Crippen molar-refractivity contribution in [1.82, 2.24) is 0 Å². The summed E-state index contributed by atoms with van der Waals surface area (Å²) in [7, 11) is 0. The Kier molecular flexibility index (Phi) is 3.42. The highest BCUT2D eigenvalue weighted by Gasteiger charge is 1.99. The number of benzene rings is 1. The predicted molar refractivity (Wildman–Crippen MR) is 53.7 cm³/mol. The molecule has 1 aromatic carbocycles. The zero-order chi connectivity index (χ0) is 10.6. The first kappa shape index (κ1) is 10.5. The Hall–Kier alpha value is -1.61. The van der Waals surface area contributed by atoms with Crippen molar-refractivity contribution >= 4 is 11.9 Å². The maximum absolute atomic E-state index is 10.7. The standard InChI is InChI=1S/C11H12O3/c1-8(13)2-3-9-4-5-11(14)6-10(9)7-12/h2-6,12,14H,7H2,1H3/b3-2+. The Morgan fingerprint density at radius 3 is 2.79 bits per heavy atom. The molecule has 0 bridgehead atoms. The van der Waals surface area contributed by atoms with E-state index >= 15 is 0 Å². The summed E-state index contributed by atoms with van der Waals surface area (Å²) in [6, 6.07) is 4.64. The van der Waals surface area contributed by atoms with Gasteiger partial charge in [-0.1, -0.05) is 12.1 Å². The molecule has 0 aliphatic carbocycles. The molecule has 2 N–H and O–H groups in total. The normalized spacial score (nSPS) is 10.7. The van der Waals surface area contributed by atoms with Crippen LogP contribution in [0.5, 0.6) is 5.75 Å². The van der Waals surface area contributed by atoms with E-state index < -0.39 is 0 Å². The van der Waals surface area contributed by atoms with Gasteiger partial charge < -0.3 is 10.2 Å². The number of aliphatic hydroxyl groups is 1. The van der Waals surface area contributed by atoms with Crippen LogP contribution in [0.3, 0.4) is 0 Å². The van der Waals surface area contributed by atoms with Crippen molar-refractivity contribution in [2.45, 2.75) is 13.5 Å². The summed E-state index contributed by atoms with van der Waals surface area (Å²) in [5.41, 5.74) is 1.34. The Labute approximate surface area is 82.3 Å². The third kappa shape index (κ3) is 2.71. The van der Waals surface area contributed by atoms with E-state index in [9.17, 15) is 4.79 Å². The van der Waals surface area contributed by atoms with Crippen LogP contribution in [0.4, 0.5) is 0 Å². The number of carbonyl (C=O) groups excluding carboxylic acids is 1. The fourth-order valence-electron chi connectivity index (χ4n) is 1.10. The van der Waals surface area contributed by atoms with Crippen molar-refractivity contribution in [3.05, 3.63) is 35.4 Å². The van der Waals surface area contributed by atoms with E-state index in [1.807, 2.05) is 0 Å². The van der Waals surface area contributed by atoms with Crippen LogP contribution in [0.1, 0.15) is 18.1 Å². The lowest BCUT2D eigenvalue weighted by Gasteiger charge is -2.02. The number of allylic oxidation sites excluding steroid dienone is 1. The summed E-state index contributed by atoms with van der Waals surface area (Å²) in [6.45, 7) is 1.29. The van der Waals surface area contributed by atoms with E-state index in [1.165, 1.54) is 25.1 Å². The second-order valence-corrected chi connectivity index (χ2v) is 2.99. The number of phenols is 1. The molecule has 14 heavy (non-hydrogen) atoms. The summed E-state index contributed by atoms with van der Waals surface area (Å²) < 4.78 is 0. The molecule has 74 valence electrons. The van der Waals surface area contributed by atoms with Gasteiger partial charge in [0, 0.05) is 0 Å². The van der Waals surface area contributed by atoms with Crippen LogP contribution in [0.25, 0.3) is 6.08 Å². The molecular formula is C11H12O3. The predicted octanol–water partition coefficient (Wildman–Crippen LogP) is 1.49. The van der Waals surface area contributed by atoms with Gasteiger partial charge in [-0.05, 0) is 36.3 Å². The quantitative estimate of drug-likeness (QED) is 0.713. The van der Waals surface area contributed by atoms with Crippen LogP contribution in [0, 0.1) is 0 Å². The van der Waals surface area contributed by atoms with Gasteiger partial charge in [0.1, 0.15) is 5.75 Å². The van der Waals surface area contributed by atoms with E-state index in [-0.39, 0.29) is 18.1 Å². The molecule has 3 nitrogen and oxygen atoms in total. The van der Waals surface area contributed by atoms with Gasteiger partial charge in [-0.2, -0.15) is 0 Å². The largest absolute Gasteiger partial charge is 0.508 e. The molecule has 0 radical (unpaired) electrons. The number of ketones is 1. The van der Waals surface area contributed by atoms with E-state index in [1.54, 1.807) is 12.1 Å². The molecule has 0 unspecified atom stereocenters. The van der Waals surface area contributed by atoms with Crippen molar-refractivity contribution in [3.63, 3.8) is 0 Å². The van der Waals surface area contributed by atoms with Crippen molar-refractivity contribution in [2.75, 3.05) is 0 Å². The summed E-state index contributed by atoms with van der Waals surface area (Å²) >= 11 is 0. The first-order chi connectivity index (χ1) is 6.63. The minimum absolute atomic E-state index is 0.0537. The van der Waals surface area contributed by atoms with Crippen molar-refractivity contribution < 1.29 is 15.0 Å². The van der Waals surface area contributed by atoms with Gasteiger partial charge in [-0.25, -0.2) is 0 Å². The van der Waals surface area contributed by atoms with Crippen LogP contribution in [-0.2, 0) is 11.4 Å². The van der Waals surface area contributed by atoms with Gasteiger partial charge in [0.15, 0.2) is 5.78 Å². The SMILES string of the molecule is CC(=O)/C=C/c1ccc(O)cc1CO. The van der Waals surface area contributed by atoms with Gasteiger partial charge in [-0.3, -0.25) is 4.79 Å². The summed E-state index contributed by atoms with van der Waals surface area (Å²) in [5.74, 6) is 0.0518. The Morgan fingerprint density at radius 1 is 1.50 bits per heavy atom. The van der Waals surface area contributed by atoms with E-state index in [4.69, 9.17) is 10.2 Å². The van der Waals surface area contributed by atoms with Crippen LogP contribution in [0.15, 0.2) is 24.3 Å². The molecule has 0 atom stereocenters. The highest BCUT2D eigenvalue weighted by Crippen LogP contribution is 2.17. The third-order valence-electron chi connectivity index (χ3n) is 1.79. The maximum atomic E-state index is 10.7. The molecule has 1 aromatic rings. The van der Waals surface area contributed by atoms with E-state index in [0.29, 0.717) is 5.56 Å². The molecule has 1 rings (SSSR count). The van der Waals surface area contributed by atoms with Gasteiger partial charge in [0.05, 0.1) is 6.61 Å². The smallest absolute Gasteiger partial charge is 0.152 e. The number of rotatable bonds is 3. The second kappa shape index (κ2) is 4.58. The molecule has 0 aliphatic rings. The van der Waals surface area contributed by atoms with Crippen molar-refractivity contribution in [2.24, 2.45) is 0 Å². The molecular weight excluding hydrogens is 180 g/mol. The van der Waals surface area contributed by atoms with E-state index in [0.717, 1.165) is 5.56 Å².